The van der Waals surface area contributed by atoms with Gasteiger partial charge >= 0.3 is 5.97 Å². The Kier molecular flexibility index (Phi) is 17.9. The monoisotopic (exact) mass is 1260 g/mol. The Morgan fingerprint density at radius 3 is 1.66 bits per heavy atom. The molecule has 2 unspecified atom stereocenters. The summed E-state index contributed by atoms with van der Waals surface area (Å²) in [6.45, 7) is 1.87. The molecular weight excluding hydrogens is 1200 g/mol. The Morgan fingerprint density at radius 1 is 0.689 bits per heavy atom. The number of thioether (sulfide) groups is 2. The second-order valence-electron chi connectivity index (χ2n) is 22.3. The molecule has 2 fully saturated rings. The highest BCUT2D eigenvalue weighted by Crippen LogP contribution is 2.53. The van der Waals surface area contributed by atoms with Crippen LogP contribution in [0, 0.1) is 5.92 Å². The van der Waals surface area contributed by atoms with Gasteiger partial charge in [-0.1, -0.05) is 283 Å². The van der Waals surface area contributed by atoms with Crippen molar-refractivity contribution in [3.63, 3.8) is 0 Å². The van der Waals surface area contributed by atoms with E-state index in [4.69, 9.17) is 31.6 Å². The van der Waals surface area contributed by atoms with Crippen LogP contribution in [0.1, 0.15) is 74.7 Å². The largest absolute Gasteiger partial charge is 0.477 e. The van der Waals surface area contributed by atoms with E-state index in [0.717, 1.165) is 69.3 Å². The number of nitrogens with zero attached hydrogens (tertiary/aromatic N) is 4. The van der Waals surface area contributed by atoms with Gasteiger partial charge < -0.3 is 25.9 Å². The summed E-state index contributed by atoms with van der Waals surface area (Å²) < 4.78 is 0.113. The number of benzene rings is 8. The van der Waals surface area contributed by atoms with Crippen molar-refractivity contribution in [2.45, 2.75) is 57.9 Å². The standard InChI is InChI=1S/C74H62ClN7O5S3/c75-68-64(79-72(90-68)80-73(51-30-13-3-14-31-51,52-32-15-4-16-33-52)53-34-17-5-18-35-53)65(81-87-74(54-36-19-6-20-37-54,55-38-21-7-22-39-55)56-40-23-8-24-41-56)69(83)78-63-60-46-58(62(49-26-9-1-10-27-49)50-28-11-2-12-29-50)67(66(71(85)86)82(60)70(63)84)89-61-42-25-44-77-59(61)48-88-57-43-45-76-47-57/h1-42,44,57-58,60,62-63,76H,43,45-48H2,(H,78,83)(H,79,80)(H,85,86)/t57?,58?,60-,63+/m1/s1. The number of carboxylic acid groups (broad SMARTS) is 1. The van der Waals surface area contributed by atoms with E-state index in [2.05, 4.69) is 76.6 Å². The number of hydrogen-bond acceptors (Lipinski definition) is 12. The molecule has 0 bridgehead atoms. The summed E-state index contributed by atoms with van der Waals surface area (Å²) in [5, 5.41) is 27.7. The number of aromatic nitrogens is 2. The number of carbonyl (C=O) groups is 3. The molecule has 2 saturated heterocycles. The first-order valence-electron chi connectivity index (χ1n) is 29.9. The van der Waals surface area contributed by atoms with E-state index < -0.39 is 46.9 Å². The first-order valence-corrected chi connectivity index (χ1v) is 33.0. The van der Waals surface area contributed by atoms with Crippen LogP contribution in [0.2, 0.25) is 4.34 Å². The minimum absolute atomic E-state index is 0.00866. The highest BCUT2D eigenvalue weighted by Gasteiger charge is 2.57. The van der Waals surface area contributed by atoms with Crippen LogP contribution >= 0.6 is 46.5 Å². The van der Waals surface area contributed by atoms with Crippen LogP contribution in [0.5, 0.6) is 0 Å². The SMILES string of the molecule is O=C(O)C1=C(Sc2cccnc2CSC2CCNC2)C(C(c2ccccc2)c2ccccc2)C[C@@H]2[C@H](NC(=O)C(=NOC(c3ccccc3)(c3ccccc3)c3ccccc3)c3nc(NC(c4ccccc4)(c4ccccc4)c4ccccc4)sc3Cl)C(=O)N12. The smallest absolute Gasteiger partial charge is 0.353 e. The van der Waals surface area contributed by atoms with E-state index in [1.54, 1.807) is 6.20 Å². The van der Waals surface area contributed by atoms with Crippen molar-refractivity contribution in [2.24, 2.45) is 11.1 Å². The minimum Gasteiger partial charge on any atom is -0.477 e. The number of rotatable bonds is 22. The Hall–Kier alpha value is -9.09. The lowest BCUT2D eigenvalue weighted by Gasteiger charge is -2.53. The predicted molar refractivity (Wildman–Crippen MR) is 360 cm³/mol. The molecule has 448 valence electrons. The Labute approximate surface area is 540 Å². The van der Waals surface area contributed by atoms with Crippen molar-refractivity contribution < 1.29 is 24.3 Å². The van der Waals surface area contributed by atoms with Gasteiger partial charge in [-0.05, 0) is 59.3 Å². The summed E-state index contributed by atoms with van der Waals surface area (Å²) in [5.74, 6) is -2.93. The van der Waals surface area contributed by atoms with Crippen LogP contribution in [-0.4, -0.2) is 73.9 Å². The van der Waals surface area contributed by atoms with Crippen molar-refractivity contribution in [1.29, 1.82) is 0 Å². The summed E-state index contributed by atoms with van der Waals surface area (Å²) in [5.41, 5.74) is 4.71. The van der Waals surface area contributed by atoms with Gasteiger partial charge in [0.2, 0.25) is 5.60 Å². The maximum atomic E-state index is 16.0. The van der Waals surface area contributed by atoms with E-state index in [9.17, 15) is 9.90 Å². The number of β-lactam (4-membered cyclic amide) rings is 1. The quantitative estimate of drug-likeness (QED) is 0.0222. The van der Waals surface area contributed by atoms with Gasteiger partial charge in [-0.2, -0.15) is 11.8 Å². The predicted octanol–water partition coefficient (Wildman–Crippen LogP) is 14.5. The number of hydrogen-bond donors (Lipinski definition) is 4. The third-order valence-corrected chi connectivity index (χ3v) is 20.8. The average molecular weight is 1260 g/mol. The fourth-order valence-corrected chi connectivity index (χ4v) is 16.5. The number of anilines is 1. The fourth-order valence-electron chi connectivity index (χ4n) is 12.8. The molecule has 4 atom stereocenters. The van der Waals surface area contributed by atoms with Gasteiger partial charge in [0.15, 0.2) is 10.8 Å². The van der Waals surface area contributed by atoms with Crippen molar-refractivity contribution in [2.75, 3.05) is 18.4 Å². The molecule has 2 amide bonds. The minimum atomic E-state index is -1.46. The number of allylic oxidation sites excluding steroid dienone is 1. The molecule has 0 radical (unpaired) electrons. The van der Waals surface area contributed by atoms with E-state index in [1.165, 1.54) is 16.7 Å². The van der Waals surface area contributed by atoms with Gasteiger partial charge in [0, 0.05) is 62.1 Å². The molecule has 13 rings (SSSR count). The molecule has 5 heterocycles. The topological polar surface area (TPSA) is 158 Å². The number of halogens is 1. The number of nitrogens with one attached hydrogen (secondary N) is 3. The lowest BCUT2D eigenvalue weighted by atomic mass is 9.71. The van der Waals surface area contributed by atoms with Gasteiger partial charge in [0.25, 0.3) is 11.8 Å². The lowest BCUT2D eigenvalue weighted by Crippen LogP contribution is -2.73. The zero-order valence-corrected chi connectivity index (χ0v) is 51.9. The van der Waals surface area contributed by atoms with E-state index in [0.29, 0.717) is 37.7 Å². The molecule has 2 aromatic heterocycles. The van der Waals surface area contributed by atoms with Gasteiger partial charge in [0.05, 0.1) is 11.7 Å². The van der Waals surface area contributed by atoms with Gasteiger partial charge in [-0.3, -0.25) is 19.5 Å². The number of carbonyl (C=O) groups excluding carboxylic acids is 2. The van der Waals surface area contributed by atoms with E-state index >= 15 is 9.59 Å². The number of carboxylic acids is 1. The van der Waals surface area contributed by atoms with Crippen molar-refractivity contribution in [1.82, 2.24) is 25.5 Å². The maximum Gasteiger partial charge on any atom is 0.353 e. The van der Waals surface area contributed by atoms with Gasteiger partial charge in [-0.25, -0.2) is 9.78 Å². The summed E-state index contributed by atoms with van der Waals surface area (Å²) in [7, 11) is 0. The number of amides is 2. The first kappa shape index (κ1) is 59.9. The van der Waals surface area contributed by atoms with Gasteiger partial charge in [-0.15, -0.1) is 0 Å². The molecule has 0 spiro atoms. The van der Waals surface area contributed by atoms with Crippen molar-refractivity contribution in [3.8, 4) is 0 Å². The van der Waals surface area contributed by atoms with Crippen molar-refractivity contribution >= 4 is 75.1 Å². The van der Waals surface area contributed by atoms with Gasteiger partial charge in [0.1, 0.15) is 27.3 Å². The van der Waals surface area contributed by atoms with Crippen LogP contribution in [0.15, 0.2) is 282 Å². The zero-order valence-electron chi connectivity index (χ0n) is 48.7. The number of fused-ring (bicyclic) bond motifs is 1. The normalized spacial score (nSPS) is 17.6. The second-order valence-corrected chi connectivity index (χ2v) is 26.3. The summed E-state index contributed by atoms with van der Waals surface area (Å²) in [6.07, 6.45) is 3.09. The third-order valence-electron chi connectivity index (χ3n) is 17.0. The fraction of sp³-hybridized carbons (Fsp3) is 0.162. The molecule has 10 aromatic rings. The number of oxime groups is 1. The van der Waals surface area contributed by atoms with Crippen LogP contribution in [0.25, 0.3) is 0 Å². The first-order chi connectivity index (χ1) is 44.2. The Bertz CT molecular complexity index is 3960. The highest BCUT2D eigenvalue weighted by molar-refractivity contribution is 8.03. The highest BCUT2D eigenvalue weighted by atomic mass is 35.5. The molecule has 12 nitrogen and oxygen atoms in total. The lowest BCUT2D eigenvalue weighted by molar-refractivity contribution is -0.156. The Balaban J connectivity index is 0.939. The van der Waals surface area contributed by atoms with E-state index in [1.807, 2.05) is 206 Å². The van der Waals surface area contributed by atoms with Crippen molar-refractivity contribution in [3.05, 3.63) is 332 Å². The molecule has 90 heavy (non-hydrogen) atoms. The molecule has 4 N–H and O–H groups in total. The maximum absolute atomic E-state index is 16.0. The summed E-state index contributed by atoms with van der Waals surface area (Å²) in [6, 6.07) is 81.1. The average Bonchev–Trinajstić information content (AvgIpc) is 0.739. The van der Waals surface area contributed by atoms with E-state index in [-0.39, 0.29) is 33.8 Å². The molecule has 0 saturated carbocycles. The molecule has 8 aromatic carbocycles. The molecular formula is C74H62ClN7O5S3. The van der Waals surface area contributed by atoms with Crippen LogP contribution in [0.4, 0.5) is 5.13 Å². The molecule has 3 aliphatic rings. The Morgan fingerprint density at radius 2 is 1.18 bits per heavy atom. The zero-order chi connectivity index (χ0) is 61.4. The van der Waals surface area contributed by atoms with Crippen LogP contribution in [-0.2, 0) is 36.1 Å². The van der Waals surface area contributed by atoms with Crippen LogP contribution in [0.3, 0.4) is 0 Å². The molecule has 16 heteroatoms. The van der Waals surface area contributed by atoms with Crippen LogP contribution < -0.4 is 16.0 Å². The summed E-state index contributed by atoms with van der Waals surface area (Å²) in [4.78, 5) is 65.4. The second kappa shape index (κ2) is 26.9. The number of thiazole rings is 1. The molecule has 0 aliphatic carbocycles. The molecule has 3 aliphatic heterocycles. The summed E-state index contributed by atoms with van der Waals surface area (Å²) >= 11 is 11.8. The number of pyridine rings is 1. The number of aliphatic carboxylic acids is 1. The third kappa shape index (κ3) is 11.9.